The highest BCUT2D eigenvalue weighted by atomic mass is 32.1. The highest BCUT2D eigenvalue weighted by molar-refractivity contribution is 7.17. The number of ether oxygens (including phenoxy) is 3. The van der Waals surface area contributed by atoms with Crippen LogP contribution >= 0.6 is 11.3 Å². The fourth-order valence-corrected chi connectivity index (χ4v) is 5.67. The first-order valence-electron chi connectivity index (χ1n) is 14.5. The van der Waals surface area contributed by atoms with E-state index in [4.69, 9.17) is 14.2 Å². The van der Waals surface area contributed by atoms with Crippen LogP contribution in [0.3, 0.4) is 0 Å². The van der Waals surface area contributed by atoms with Crippen LogP contribution in [0.1, 0.15) is 65.6 Å². The summed E-state index contributed by atoms with van der Waals surface area (Å²) >= 11 is 0.939. The normalized spacial score (nSPS) is 14.8. The Bertz CT molecular complexity index is 1580. The molecule has 1 aromatic heterocycles. The first kappa shape index (κ1) is 32.2. The number of thiazole rings is 1. The summed E-state index contributed by atoms with van der Waals surface area (Å²) in [5.41, 5.74) is 1.50. The molecule has 1 unspecified atom stereocenters. The Hall–Kier alpha value is -4.70. The molecule has 9 nitrogen and oxygen atoms in total. The van der Waals surface area contributed by atoms with Gasteiger partial charge >= 0.3 is 5.97 Å². The van der Waals surface area contributed by atoms with Gasteiger partial charge in [0.15, 0.2) is 28.2 Å². The molecule has 0 fully saturated rings. The van der Waals surface area contributed by atoms with Gasteiger partial charge in [-0.05, 0) is 49.6 Å². The van der Waals surface area contributed by atoms with Gasteiger partial charge in [0.05, 0.1) is 30.5 Å². The molecule has 1 amide bonds. The standard InChI is InChI=1S/C34H36N2O7S/c1-5-8-12-20-42-26-18-16-24(21-27(26)41-7-3)29-28(25(37)17-15-23-13-10-9-11-14-23)30(38)32(39)36(29)34-35-22(4)31(44-34)33(40)43-19-6-2/h6,9-11,13-18,21,29,38H,2,5,7-8,12,19-20H2,1,3-4H3. The zero-order valence-corrected chi connectivity index (χ0v) is 25.9. The van der Waals surface area contributed by atoms with Crippen molar-refractivity contribution < 1.29 is 33.7 Å². The van der Waals surface area contributed by atoms with Gasteiger partial charge in [0, 0.05) is 0 Å². The molecule has 10 heteroatoms. The Labute approximate surface area is 261 Å². The Balaban J connectivity index is 1.79. The van der Waals surface area contributed by atoms with E-state index in [2.05, 4.69) is 18.5 Å². The van der Waals surface area contributed by atoms with Crippen molar-refractivity contribution in [2.75, 3.05) is 24.7 Å². The Kier molecular flexibility index (Phi) is 11.1. The third kappa shape index (κ3) is 7.26. The number of carbonyl (C=O) groups excluding carboxylic acids is 3. The van der Waals surface area contributed by atoms with E-state index in [1.165, 1.54) is 17.1 Å². The van der Waals surface area contributed by atoms with Crippen molar-refractivity contribution in [1.82, 2.24) is 4.98 Å². The smallest absolute Gasteiger partial charge is 0.350 e. The summed E-state index contributed by atoms with van der Waals surface area (Å²) in [6, 6.07) is 13.3. The summed E-state index contributed by atoms with van der Waals surface area (Å²) in [4.78, 5) is 45.9. The number of aryl methyl sites for hydroxylation is 1. The number of benzene rings is 2. The summed E-state index contributed by atoms with van der Waals surface area (Å²) in [6.45, 7) is 10.0. The molecule has 1 aliphatic heterocycles. The molecule has 0 radical (unpaired) electrons. The van der Waals surface area contributed by atoms with Crippen LogP contribution in [0.15, 0.2) is 78.6 Å². The van der Waals surface area contributed by atoms with E-state index in [0.29, 0.717) is 36.0 Å². The number of anilines is 1. The summed E-state index contributed by atoms with van der Waals surface area (Å²) in [5, 5.41) is 11.3. The second-order valence-electron chi connectivity index (χ2n) is 9.94. The van der Waals surface area contributed by atoms with E-state index in [1.807, 2.05) is 37.3 Å². The van der Waals surface area contributed by atoms with Gasteiger partial charge in [0.2, 0.25) is 0 Å². The number of rotatable bonds is 15. The summed E-state index contributed by atoms with van der Waals surface area (Å²) in [6.07, 6.45) is 7.37. The molecule has 1 atom stereocenters. The van der Waals surface area contributed by atoms with Gasteiger partial charge < -0.3 is 19.3 Å². The number of aromatic nitrogens is 1. The van der Waals surface area contributed by atoms with E-state index in [0.717, 1.165) is 36.2 Å². The van der Waals surface area contributed by atoms with E-state index >= 15 is 0 Å². The van der Waals surface area contributed by atoms with Gasteiger partial charge in [-0.3, -0.25) is 14.5 Å². The number of esters is 1. The van der Waals surface area contributed by atoms with E-state index in [9.17, 15) is 19.5 Å². The summed E-state index contributed by atoms with van der Waals surface area (Å²) in [7, 11) is 0. The van der Waals surface area contributed by atoms with Crippen LogP contribution in [0.25, 0.3) is 6.08 Å². The van der Waals surface area contributed by atoms with Crippen LogP contribution in [0.4, 0.5) is 5.13 Å². The molecule has 1 N–H and O–H groups in total. The molecule has 230 valence electrons. The monoisotopic (exact) mass is 616 g/mol. The third-order valence-corrected chi connectivity index (χ3v) is 7.93. The molecule has 0 saturated heterocycles. The molecule has 1 aliphatic rings. The number of aliphatic hydroxyl groups excluding tert-OH is 1. The molecule has 4 rings (SSSR count). The molecular weight excluding hydrogens is 580 g/mol. The first-order chi connectivity index (χ1) is 21.3. The van der Waals surface area contributed by atoms with E-state index in [-0.39, 0.29) is 22.2 Å². The SMILES string of the molecule is C=CCOC(=O)c1sc(N2C(=O)C(O)=C(C(=O)C=Cc3ccccc3)C2c2ccc(OCCCCC)c(OCC)c2)nc1C. The van der Waals surface area contributed by atoms with Gasteiger partial charge in [0.25, 0.3) is 5.91 Å². The quantitative estimate of drug-likeness (QED) is 0.0845. The zero-order chi connectivity index (χ0) is 31.6. The topological polar surface area (TPSA) is 115 Å². The fraction of sp³-hybridized carbons (Fsp3) is 0.294. The molecule has 0 aliphatic carbocycles. The maximum Gasteiger partial charge on any atom is 0.350 e. The zero-order valence-electron chi connectivity index (χ0n) is 25.1. The van der Waals surface area contributed by atoms with Crippen molar-refractivity contribution in [2.45, 2.75) is 46.1 Å². The van der Waals surface area contributed by atoms with Crippen molar-refractivity contribution >= 4 is 40.2 Å². The molecule has 0 spiro atoms. The molecule has 44 heavy (non-hydrogen) atoms. The second-order valence-corrected chi connectivity index (χ2v) is 10.9. The van der Waals surface area contributed by atoms with Gasteiger partial charge in [-0.2, -0.15) is 0 Å². The number of hydrogen-bond donors (Lipinski definition) is 1. The summed E-state index contributed by atoms with van der Waals surface area (Å²) in [5.74, 6) is -1.70. The predicted molar refractivity (Wildman–Crippen MR) is 170 cm³/mol. The maximum atomic E-state index is 13.7. The lowest BCUT2D eigenvalue weighted by atomic mass is 9.95. The van der Waals surface area contributed by atoms with Crippen LogP contribution in [0.2, 0.25) is 0 Å². The van der Waals surface area contributed by atoms with Crippen LogP contribution in [-0.4, -0.2) is 47.6 Å². The van der Waals surface area contributed by atoms with Crippen LogP contribution < -0.4 is 14.4 Å². The van der Waals surface area contributed by atoms with E-state index < -0.39 is 29.5 Å². The number of unbranched alkanes of at least 4 members (excludes halogenated alkanes) is 2. The van der Waals surface area contributed by atoms with Crippen LogP contribution in [0, 0.1) is 6.92 Å². The lowest BCUT2D eigenvalue weighted by Crippen LogP contribution is -2.31. The minimum Gasteiger partial charge on any atom is -0.503 e. The molecule has 0 bridgehead atoms. The van der Waals surface area contributed by atoms with Gasteiger partial charge in [-0.25, -0.2) is 9.78 Å². The van der Waals surface area contributed by atoms with E-state index in [1.54, 1.807) is 31.2 Å². The summed E-state index contributed by atoms with van der Waals surface area (Å²) < 4.78 is 17.1. The number of amides is 1. The second kappa shape index (κ2) is 15.2. The average molecular weight is 617 g/mol. The number of allylic oxidation sites excluding steroid dienone is 1. The highest BCUT2D eigenvalue weighted by Crippen LogP contribution is 2.45. The Morgan fingerprint density at radius 2 is 1.86 bits per heavy atom. The molecule has 2 aromatic carbocycles. The Morgan fingerprint density at radius 3 is 2.57 bits per heavy atom. The number of aliphatic hydroxyl groups is 1. The van der Waals surface area contributed by atoms with Crippen molar-refractivity contribution in [3.05, 3.63) is 100 Å². The van der Waals surface area contributed by atoms with Gasteiger partial charge in [-0.15, -0.1) is 0 Å². The molecular formula is C34H36N2O7S. The Morgan fingerprint density at radius 1 is 1.09 bits per heavy atom. The third-order valence-electron chi connectivity index (χ3n) is 6.80. The van der Waals surface area contributed by atoms with Crippen molar-refractivity contribution in [2.24, 2.45) is 0 Å². The largest absolute Gasteiger partial charge is 0.503 e. The lowest BCUT2D eigenvalue weighted by Gasteiger charge is -2.25. The maximum absolute atomic E-state index is 13.7. The number of ketones is 1. The lowest BCUT2D eigenvalue weighted by molar-refractivity contribution is -0.117. The van der Waals surface area contributed by atoms with Crippen molar-refractivity contribution in [3.8, 4) is 11.5 Å². The molecule has 3 aromatic rings. The fourth-order valence-electron chi connectivity index (χ4n) is 4.69. The van der Waals surface area contributed by atoms with Crippen molar-refractivity contribution in [3.63, 3.8) is 0 Å². The van der Waals surface area contributed by atoms with Crippen LogP contribution in [-0.2, 0) is 14.3 Å². The highest BCUT2D eigenvalue weighted by Gasteiger charge is 2.45. The van der Waals surface area contributed by atoms with Crippen molar-refractivity contribution in [1.29, 1.82) is 0 Å². The minimum absolute atomic E-state index is 0.0125. The minimum atomic E-state index is -1.06. The van der Waals surface area contributed by atoms with Gasteiger partial charge in [-0.1, -0.05) is 86.2 Å². The number of hydrogen-bond acceptors (Lipinski definition) is 9. The number of nitrogens with zero attached hydrogens (tertiary/aromatic N) is 2. The molecule has 0 saturated carbocycles. The van der Waals surface area contributed by atoms with Crippen LogP contribution in [0.5, 0.6) is 11.5 Å². The number of carbonyl (C=O) groups is 3. The predicted octanol–water partition coefficient (Wildman–Crippen LogP) is 6.94. The van der Waals surface area contributed by atoms with Gasteiger partial charge in [0.1, 0.15) is 11.5 Å². The molecule has 2 heterocycles. The first-order valence-corrected chi connectivity index (χ1v) is 15.3. The average Bonchev–Trinajstić information content (AvgIpc) is 3.54.